The molecule has 1 heterocycles. The fourth-order valence-electron chi connectivity index (χ4n) is 4.42. The average molecular weight is 381 g/mol. The standard InChI is InChI=1S/C22H27N3O3/c1-14-6-12-17(13-7-14)25-19-5-3-2-4-18(19)20(24-25)21(26)23-16-10-8-15(9-11-16)22(27)28/h6-7,12-13,15-16H,2-5,8-11H2,1H3,(H,23,26)(H,27,28). The number of hydrogen-bond acceptors (Lipinski definition) is 3. The lowest BCUT2D eigenvalue weighted by Gasteiger charge is -2.26. The predicted molar refractivity (Wildman–Crippen MR) is 106 cm³/mol. The van der Waals surface area contributed by atoms with Crippen LogP contribution in [0.15, 0.2) is 24.3 Å². The van der Waals surface area contributed by atoms with Gasteiger partial charge in [-0.2, -0.15) is 5.10 Å². The molecule has 0 aliphatic heterocycles. The Balaban J connectivity index is 1.55. The summed E-state index contributed by atoms with van der Waals surface area (Å²) >= 11 is 0. The molecule has 2 aliphatic rings. The number of hydrogen-bond donors (Lipinski definition) is 2. The zero-order valence-corrected chi connectivity index (χ0v) is 16.3. The maximum Gasteiger partial charge on any atom is 0.306 e. The number of carboxylic acid groups (broad SMARTS) is 1. The van der Waals surface area contributed by atoms with E-state index in [1.807, 2.05) is 16.8 Å². The molecule has 28 heavy (non-hydrogen) atoms. The second kappa shape index (κ2) is 7.78. The topological polar surface area (TPSA) is 84.2 Å². The number of amides is 1. The molecule has 1 fully saturated rings. The number of carboxylic acids is 1. The summed E-state index contributed by atoms with van der Waals surface area (Å²) in [5, 5.41) is 17.0. The first-order chi connectivity index (χ1) is 13.5. The Morgan fingerprint density at radius 2 is 1.75 bits per heavy atom. The number of carbonyl (C=O) groups excluding carboxylic acids is 1. The number of aromatic nitrogens is 2. The zero-order valence-electron chi connectivity index (χ0n) is 16.3. The average Bonchev–Trinajstić information content (AvgIpc) is 3.09. The van der Waals surface area contributed by atoms with Crippen LogP contribution in [-0.2, 0) is 17.6 Å². The first kappa shape index (κ1) is 18.7. The van der Waals surface area contributed by atoms with Gasteiger partial charge in [-0.05, 0) is 70.4 Å². The van der Waals surface area contributed by atoms with E-state index in [-0.39, 0.29) is 17.9 Å². The summed E-state index contributed by atoms with van der Waals surface area (Å²) in [6.45, 7) is 2.06. The number of nitrogens with one attached hydrogen (secondary N) is 1. The summed E-state index contributed by atoms with van der Waals surface area (Å²) in [7, 11) is 0. The van der Waals surface area contributed by atoms with Crippen LogP contribution in [0.2, 0.25) is 0 Å². The predicted octanol–water partition coefficient (Wildman–Crippen LogP) is 3.43. The van der Waals surface area contributed by atoms with Crippen LogP contribution in [0.1, 0.15) is 65.8 Å². The first-order valence-corrected chi connectivity index (χ1v) is 10.2. The molecule has 148 valence electrons. The van der Waals surface area contributed by atoms with Crippen LogP contribution in [-0.4, -0.2) is 32.8 Å². The summed E-state index contributed by atoms with van der Waals surface area (Å²) in [5.41, 5.74) is 4.94. The number of fused-ring (bicyclic) bond motifs is 1. The number of benzene rings is 1. The highest BCUT2D eigenvalue weighted by Gasteiger charge is 2.30. The molecule has 0 radical (unpaired) electrons. The molecule has 1 saturated carbocycles. The Kier molecular flexibility index (Phi) is 5.20. The number of aryl methyl sites for hydroxylation is 1. The van der Waals surface area contributed by atoms with Crippen molar-refractivity contribution in [1.29, 1.82) is 0 Å². The smallest absolute Gasteiger partial charge is 0.306 e. The maximum absolute atomic E-state index is 13.0. The highest BCUT2D eigenvalue weighted by molar-refractivity contribution is 5.94. The van der Waals surface area contributed by atoms with Gasteiger partial charge in [-0.1, -0.05) is 17.7 Å². The van der Waals surface area contributed by atoms with E-state index in [0.29, 0.717) is 31.4 Å². The van der Waals surface area contributed by atoms with Gasteiger partial charge in [0, 0.05) is 17.3 Å². The summed E-state index contributed by atoms with van der Waals surface area (Å²) in [4.78, 5) is 24.1. The molecule has 2 aliphatic carbocycles. The van der Waals surface area contributed by atoms with E-state index in [1.165, 1.54) is 5.56 Å². The van der Waals surface area contributed by atoms with Gasteiger partial charge in [0.2, 0.25) is 0 Å². The molecule has 4 rings (SSSR count). The van der Waals surface area contributed by atoms with E-state index >= 15 is 0 Å². The molecule has 0 unspecified atom stereocenters. The Hall–Kier alpha value is -2.63. The minimum absolute atomic E-state index is 0.0341. The van der Waals surface area contributed by atoms with E-state index in [2.05, 4.69) is 24.4 Å². The Morgan fingerprint density at radius 1 is 1.07 bits per heavy atom. The minimum atomic E-state index is -0.726. The number of carbonyl (C=O) groups is 2. The lowest BCUT2D eigenvalue weighted by molar-refractivity contribution is -0.142. The fraction of sp³-hybridized carbons (Fsp3) is 0.500. The van der Waals surface area contributed by atoms with Gasteiger partial charge in [-0.25, -0.2) is 4.68 Å². The van der Waals surface area contributed by atoms with Crippen molar-refractivity contribution < 1.29 is 14.7 Å². The molecule has 6 heteroatoms. The van der Waals surface area contributed by atoms with Crippen LogP contribution < -0.4 is 5.32 Å². The largest absolute Gasteiger partial charge is 0.481 e. The van der Waals surface area contributed by atoms with Gasteiger partial charge in [0.1, 0.15) is 0 Å². The van der Waals surface area contributed by atoms with E-state index < -0.39 is 5.97 Å². The molecule has 1 aromatic heterocycles. The molecule has 1 amide bonds. The van der Waals surface area contributed by atoms with Crippen molar-refractivity contribution >= 4 is 11.9 Å². The summed E-state index contributed by atoms with van der Waals surface area (Å²) in [6, 6.07) is 8.25. The molecule has 2 aromatic rings. The van der Waals surface area contributed by atoms with Gasteiger partial charge in [-0.15, -0.1) is 0 Å². The van der Waals surface area contributed by atoms with Gasteiger partial charge in [0.05, 0.1) is 11.6 Å². The molecular weight excluding hydrogens is 354 g/mol. The van der Waals surface area contributed by atoms with E-state index in [0.717, 1.165) is 42.6 Å². The van der Waals surface area contributed by atoms with Crippen molar-refractivity contribution in [3.63, 3.8) is 0 Å². The highest BCUT2D eigenvalue weighted by Crippen LogP contribution is 2.28. The van der Waals surface area contributed by atoms with Gasteiger partial charge < -0.3 is 10.4 Å². The Bertz CT molecular complexity index is 877. The second-order valence-corrected chi connectivity index (χ2v) is 8.09. The molecule has 0 atom stereocenters. The van der Waals surface area contributed by atoms with Crippen LogP contribution in [0.4, 0.5) is 0 Å². The third-order valence-electron chi connectivity index (χ3n) is 6.09. The van der Waals surface area contributed by atoms with Crippen molar-refractivity contribution in [2.24, 2.45) is 5.92 Å². The molecule has 1 aromatic carbocycles. The van der Waals surface area contributed by atoms with Crippen LogP contribution in [0.5, 0.6) is 0 Å². The van der Waals surface area contributed by atoms with Crippen LogP contribution in [0.3, 0.4) is 0 Å². The van der Waals surface area contributed by atoms with E-state index in [9.17, 15) is 9.59 Å². The van der Waals surface area contributed by atoms with Crippen LogP contribution >= 0.6 is 0 Å². The number of rotatable bonds is 4. The number of aliphatic carboxylic acids is 1. The van der Waals surface area contributed by atoms with Crippen molar-refractivity contribution in [3.8, 4) is 5.69 Å². The third-order valence-corrected chi connectivity index (χ3v) is 6.09. The third kappa shape index (κ3) is 3.68. The van der Waals surface area contributed by atoms with Crippen molar-refractivity contribution in [2.45, 2.75) is 64.3 Å². The maximum atomic E-state index is 13.0. The van der Waals surface area contributed by atoms with Crippen molar-refractivity contribution in [1.82, 2.24) is 15.1 Å². The first-order valence-electron chi connectivity index (χ1n) is 10.2. The molecule has 0 saturated heterocycles. The molecule has 2 N–H and O–H groups in total. The van der Waals surface area contributed by atoms with Gasteiger partial charge >= 0.3 is 5.97 Å². The zero-order chi connectivity index (χ0) is 19.7. The quantitative estimate of drug-likeness (QED) is 0.850. The lowest BCUT2D eigenvalue weighted by atomic mass is 9.86. The second-order valence-electron chi connectivity index (χ2n) is 8.09. The van der Waals surface area contributed by atoms with Crippen LogP contribution in [0, 0.1) is 12.8 Å². The molecule has 6 nitrogen and oxygen atoms in total. The minimum Gasteiger partial charge on any atom is -0.481 e. The van der Waals surface area contributed by atoms with Crippen molar-refractivity contribution in [2.75, 3.05) is 0 Å². The summed E-state index contributed by atoms with van der Waals surface area (Å²) in [6.07, 6.45) is 6.68. The Labute approximate surface area is 164 Å². The summed E-state index contributed by atoms with van der Waals surface area (Å²) in [5.74, 6) is -1.12. The highest BCUT2D eigenvalue weighted by atomic mass is 16.4. The summed E-state index contributed by atoms with van der Waals surface area (Å²) < 4.78 is 1.93. The Morgan fingerprint density at radius 3 is 2.43 bits per heavy atom. The van der Waals surface area contributed by atoms with Gasteiger partial charge in [0.15, 0.2) is 5.69 Å². The molecule has 0 spiro atoms. The monoisotopic (exact) mass is 381 g/mol. The van der Waals surface area contributed by atoms with E-state index in [4.69, 9.17) is 10.2 Å². The SMILES string of the molecule is Cc1ccc(-n2nc(C(=O)NC3CCC(C(=O)O)CC3)c3c2CCCC3)cc1. The van der Waals surface area contributed by atoms with Gasteiger partial charge in [-0.3, -0.25) is 9.59 Å². The fourth-order valence-corrected chi connectivity index (χ4v) is 4.42. The van der Waals surface area contributed by atoms with Crippen molar-refractivity contribution in [3.05, 3.63) is 46.8 Å². The van der Waals surface area contributed by atoms with Crippen LogP contribution in [0.25, 0.3) is 5.69 Å². The normalized spacial score (nSPS) is 21.8. The lowest BCUT2D eigenvalue weighted by Crippen LogP contribution is -2.39. The van der Waals surface area contributed by atoms with E-state index in [1.54, 1.807) is 0 Å². The number of nitrogens with zero attached hydrogens (tertiary/aromatic N) is 2. The molecular formula is C22H27N3O3. The van der Waals surface area contributed by atoms with Gasteiger partial charge in [0.25, 0.3) is 5.91 Å². The molecule has 0 bridgehead atoms.